The van der Waals surface area contributed by atoms with E-state index in [1.54, 1.807) is 12.1 Å². The van der Waals surface area contributed by atoms with Gasteiger partial charge in [0, 0.05) is 22.3 Å². The fraction of sp³-hybridized carbons (Fsp3) is 0.116. The minimum atomic E-state index is -5.78. The zero-order valence-corrected chi connectivity index (χ0v) is 28.8. The molecule has 0 spiro atoms. The molecule has 0 unspecified atom stereocenters. The van der Waals surface area contributed by atoms with E-state index in [0.717, 1.165) is 51.4 Å². The molecule has 0 aliphatic rings. The molecule has 0 aromatic heterocycles. The average molecular weight is 761 g/mol. The van der Waals surface area contributed by atoms with Gasteiger partial charge in [-0.2, -0.15) is 22.0 Å². The van der Waals surface area contributed by atoms with Crippen molar-refractivity contribution in [3.8, 4) is 11.5 Å². The average Bonchev–Trinajstić information content (AvgIpc) is 3.17. The predicted molar refractivity (Wildman–Crippen MR) is 196 cm³/mol. The minimum absolute atomic E-state index is 0.217. The highest BCUT2D eigenvalue weighted by atomic mass is 19.4. The van der Waals surface area contributed by atoms with Crippen LogP contribution in [0.4, 0.5) is 35.1 Å². The summed E-state index contributed by atoms with van der Waals surface area (Å²) in [5, 5.41) is 0. The fourth-order valence-electron chi connectivity index (χ4n) is 5.09. The molecule has 0 aliphatic heterocycles. The molecule has 282 valence electrons. The summed E-state index contributed by atoms with van der Waals surface area (Å²) in [6.45, 7) is 0.570. The third-order valence-corrected chi connectivity index (χ3v) is 7.68. The van der Waals surface area contributed by atoms with Crippen LogP contribution in [0.15, 0.2) is 180 Å². The van der Waals surface area contributed by atoms with E-state index in [0.29, 0.717) is 12.1 Å². The third-order valence-electron chi connectivity index (χ3n) is 7.68. The summed E-state index contributed by atoms with van der Waals surface area (Å²) in [6.07, 6.45) is -15.7. The number of hydrogen-bond acceptors (Lipinski definition) is 4. The molecule has 0 radical (unpaired) electrons. The molecule has 0 atom stereocenters. The molecule has 12 heteroatoms. The van der Waals surface area contributed by atoms with Gasteiger partial charge in [-0.25, -0.2) is 0 Å². The van der Waals surface area contributed by atoms with Gasteiger partial charge < -0.3 is 9.47 Å². The number of hydrogen-bond donors (Lipinski definition) is 0. The monoisotopic (exact) mass is 760 g/mol. The van der Waals surface area contributed by atoms with Gasteiger partial charge in [0.25, 0.3) is 0 Å². The van der Waals surface area contributed by atoms with Crippen molar-refractivity contribution in [1.29, 1.82) is 0 Å². The molecule has 0 heterocycles. The molecule has 0 N–H and O–H groups in total. The Morgan fingerprint density at radius 3 is 0.945 bits per heavy atom. The van der Waals surface area contributed by atoms with Gasteiger partial charge in [0.2, 0.25) is 0 Å². The van der Waals surface area contributed by atoms with E-state index in [4.69, 9.17) is 4.99 Å². The van der Waals surface area contributed by atoms with Crippen LogP contribution in [0.3, 0.4) is 0 Å². The standard InChI is InChI=1S/C22H16F5NO.C21H16F3NO/c23-21(24,25)22(26,27)29-19-13-11-16(12-14-19)15-28-20(17-7-3-1-4-8-17)18-9-5-2-6-10-18;22-21(23,24)26-19-13-11-16(12-14-19)15-25-20(17-7-3-1-4-8-17)18-9-5-2-6-10-18/h1-14H,15H2;1-14H,15H2. The number of halogens is 8. The highest BCUT2D eigenvalue weighted by Crippen LogP contribution is 2.37. The van der Waals surface area contributed by atoms with Crippen molar-refractivity contribution < 1.29 is 44.6 Å². The minimum Gasteiger partial charge on any atom is -0.426 e. The maximum absolute atomic E-state index is 13.0. The maximum Gasteiger partial charge on any atom is 0.573 e. The zero-order chi connectivity index (χ0) is 39.3. The SMILES string of the molecule is FC(F)(F)C(F)(F)Oc1ccc(CN=C(c2ccccc2)c2ccccc2)cc1.FC(F)(F)Oc1ccc(CN=C(c2ccccc2)c2ccccc2)cc1. The van der Waals surface area contributed by atoms with E-state index in [-0.39, 0.29) is 12.3 Å². The van der Waals surface area contributed by atoms with Crippen LogP contribution in [0, 0.1) is 0 Å². The molecule has 0 fully saturated rings. The van der Waals surface area contributed by atoms with E-state index in [9.17, 15) is 35.1 Å². The highest BCUT2D eigenvalue weighted by molar-refractivity contribution is 6.13. The molecule has 0 amide bonds. The molecule has 6 aromatic carbocycles. The van der Waals surface area contributed by atoms with E-state index in [2.05, 4.69) is 14.5 Å². The van der Waals surface area contributed by atoms with Gasteiger partial charge in [0.15, 0.2) is 0 Å². The predicted octanol–water partition coefficient (Wildman–Crippen LogP) is 11.9. The van der Waals surface area contributed by atoms with Crippen molar-refractivity contribution in [3.63, 3.8) is 0 Å². The number of nitrogens with zero attached hydrogens (tertiary/aromatic N) is 2. The molecule has 0 saturated heterocycles. The number of alkyl halides is 8. The van der Waals surface area contributed by atoms with Crippen molar-refractivity contribution in [2.24, 2.45) is 9.98 Å². The van der Waals surface area contributed by atoms with Crippen molar-refractivity contribution in [2.75, 3.05) is 0 Å². The summed E-state index contributed by atoms with van der Waals surface area (Å²) in [4.78, 5) is 9.32. The van der Waals surface area contributed by atoms with Gasteiger partial charge >= 0.3 is 18.6 Å². The largest absolute Gasteiger partial charge is 0.573 e. The molecule has 6 aromatic rings. The topological polar surface area (TPSA) is 43.2 Å². The summed E-state index contributed by atoms with van der Waals surface area (Å²) >= 11 is 0. The fourth-order valence-corrected chi connectivity index (χ4v) is 5.09. The lowest BCUT2D eigenvalue weighted by molar-refractivity contribution is -0.360. The van der Waals surface area contributed by atoms with Crippen LogP contribution in [-0.4, -0.2) is 30.1 Å². The Balaban J connectivity index is 0.000000212. The van der Waals surface area contributed by atoms with E-state index < -0.39 is 24.4 Å². The maximum atomic E-state index is 13.0. The zero-order valence-electron chi connectivity index (χ0n) is 28.8. The van der Waals surface area contributed by atoms with Crippen LogP contribution in [0.25, 0.3) is 0 Å². The van der Waals surface area contributed by atoms with Crippen LogP contribution in [0.2, 0.25) is 0 Å². The Kier molecular flexibility index (Phi) is 13.2. The van der Waals surface area contributed by atoms with Gasteiger partial charge in [-0.1, -0.05) is 146 Å². The van der Waals surface area contributed by atoms with Crippen LogP contribution < -0.4 is 9.47 Å². The van der Waals surface area contributed by atoms with Gasteiger partial charge in [0.1, 0.15) is 11.5 Å². The molecule has 55 heavy (non-hydrogen) atoms. The third kappa shape index (κ3) is 12.1. The molecular weight excluding hydrogens is 728 g/mol. The first-order valence-electron chi connectivity index (χ1n) is 16.7. The lowest BCUT2D eigenvalue weighted by atomic mass is 10.0. The van der Waals surface area contributed by atoms with Gasteiger partial charge in [-0.05, 0) is 35.4 Å². The van der Waals surface area contributed by atoms with E-state index >= 15 is 0 Å². The molecular formula is C43H32F8N2O2. The highest BCUT2D eigenvalue weighted by Gasteiger charge is 2.61. The second-order valence-electron chi connectivity index (χ2n) is 11.7. The van der Waals surface area contributed by atoms with E-state index in [1.807, 2.05) is 121 Å². The van der Waals surface area contributed by atoms with Crippen LogP contribution >= 0.6 is 0 Å². The van der Waals surface area contributed by atoms with Crippen molar-refractivity contribution in [2.45, 2.75) is 31.7 Å². The van der Waals surface area contributed by atoms with Gasteiger partial charge in [0.05, 0.1) is 24.5 Å². The molecule has 4 nitrogen and oxygen atoms in total. The summed E-state index contributed by atoms with van der Waals surface area (Å²) in [7, 11) is 0. The number of rotatable bonds is 11. The van der Waals surface area contributed by atoms with Crippen molar-refractivity contribution >= 4 is 11.4 Å². The summed E-state index contributed by atoms with van der Waals surface area (Å²) in [5.74, 6) is -0.817. The normalized spacial score (nSPS) is 11.4. The van der Waals surface area contributed by atoms with Gasteiger partial charge in [-0.15, -0.1) is 13.2 Å². The summed E-state index contributed by atoms with van der Waals surface area (Å²) < 4.78 is 107. The molecule has 0 aliphatic carbocycles. The van der Waals surface area contributed by atoms with Crippen LogP contribution in [0.1, 0.15) is 33.4 Å². The quantitative estimate of drug-likeness (QED) is 0.0975. The first kappa shape index (κ1) is 39.9. The number of aliphatic imine (C=N–C) groups is 2. The second kappa shape index (κ2) is 18.2. The first-order chi connectivity index (χ1) is 26.3. The Bertz CT molecular complexity index is 2040. The smallest absolute Gasteiger partial charge is 0.426 e. The summed E-state index contributed by atoms with van der Waals surface area (Å²) in [5.41, 5.74) is 6.79. The Morgan fingerprint density at radius 1 is 0.382 bits per heavy atom. The Hall–Kier alpha value is -6.30. The van der Waals surface area contributed by atoms with Crippen LogP contribution in [-0.2, 0) is 13.1 Å². The second-order valence-corrected chi connectivity index (χ2v) is 11.7. The molecule has 0 saturated carbocycles. The number of benzene rings is 6. The number of ether oxygens (including phenoxy) is 2. The lowest BCUT2D eigenvalue weighted by Gasteiger charge is -2.20. The Morgan fingerprint density at radius 2 is 0.673 bits per heavy atom. The van der Waals surface area contributed by atoms with Crippen molar-refractivity contribution in [1.82, 2.24) is 0 Å². The van der Waals surface area contributed by atoms with E-state index in [1.165, 1.54) is 24.3 Å². The van der Waals surface area contributed by atoms with Crippen molar-refractivity contribution in [3.05, 3.63) is 203 Å². The first-order valence-corrected chi connectivity index (χ1v) is 16.7. The molecule has 0 bridgehead atoms. The Labute approximate surface area is 312 Å². The van der Waals surface area contributed by atoms with Crippen LogP contribution in [0.5, 0.6) is 11.5 Å². The lowest BCUT2D eigenvalue weighted by Crippen LogP contribution is -2.41. The van der Waals surface area contributed by atoms with Gasteiger partial charge in [-0.3, -0.25) is 9.98 Å². The molecule has 6 rings (SSSR count). The summed E-state index contributed by atoms with van der Waals surface area (Å²) in [6, 6.07) is 49.3.